The van der Waals surface area contributed by atoms with Gasteiger partial charge in [0.2, 0.25) is 0 Å². The highest BCUT2D eigenvalue weighted by Gasteiger charge is 2.33. The zero-order valence-electron chi connectivity index (χ0n) is 10.9. The van der Waals surface area contributed by atoms with Gasteiger partial charge in [0.15, 0.2) is 5.78 Å². The summed E-state index contributed by atoms with van der Waals surface area (Å²) < 4.78 is 41.0. The summed E-state index contributed by atoms with van der Waals surface area (Å²) in [7, 11) is 0. The highest BCUT2D eigenvalue weighted by atomic mass is 35.5. The van der Waals surface area contributed by atoms with E-state index in [0.29, 0.717) is 10.6 Å². The van der Waals surface area contributed by atoms with Crippen molar-refractivity contribution in [3.8, 4) is 5.75 Å². The van der Waals surface area contributed by atoms with Crippen LogP contribution >= 0.6 is 11.6 Å². The van der Waals surface area contributed by atoms with Crippen molar-refractivity contribution in [2.75, 3.05) is 0 Å². The minimum atomic E-state index is -4.86. The van der Waals surface area contributed by atoms with Gasteiger partial charge in [-0.05, 0) is 30.7 Å². The number of hydrogen-bond acceptors (Lipinski definition) is 2. The molecule has 2 rings (SSSR count). The molecule has 0 aromatic heterocycles. The van der Waals surface area contributed by atoms with Crippen LogP contribution in [0.1, 0.15) is 21.5 Å². The van der Waals surface area contributed by atoms with Crippen molar-refractivity contribution in [2.24, 2.45) is 0 Å². The molecule has 2 aromatic carbocycles. The fraction of sp³-hybridized carbons (Fsp3) is 0.133. The monoisotopic (exact) mass is 314 g/mol. The Bertz CT molecular complexity index is 681. The number of rotatable bonds is 3. The number of para-hydroxylation sites is 1. The average molecular weight is 315 g/mol. The number of halogens is 4. The van der Waals surface area contributed by atoms with Gasteiger partial charge in [-0.25, -0.2) is 0 Å². The van der Waals surface area contributed by atoms with Crippen molar-refractivity contribution >= 4 is 17.4 Å². The molecule has 0 aliphatic carbocycles. The zero-order valence-corrected chi connectivity index (χ0v) is 11.6. The number of ketones is 1. The van der Waals surface area contributed by atoms with Crippen molar-refractivity contribution in [3.63, 3.8) is 0 Å². The van der Waals surface area contributed by atoms with Crippen LogP contribution in [-0.4, -0.2) is 12.1 Å². The van der Waals surface area contributed by atoms with Gasteiger partial charge in [0.1, 0.15) is 5.75 Å². The standard InChI is InChI=1S/C15H10ClF3O2/c1-9-10(6-4-7-12(9)16)14(20)11-5-2-3-8-13(11)21-15(17,18)19/h2-8H,1H3. The summed E-state index contributed by atoms with van der Waals surface area (Å²) in [5.74, 6) is -1.11. The first-order valence-electron chi connectivity index (χ1n) is 5.94. The quantitative estimate of drug-likeness (QED) is 0.762. The summed E-state index contributed by atoms with van der Waals surface area (Å²) in [6.07, 6.45) is -4.86. The normalized spacial score (nSPS) is 11.3. The summed E-state index contributed by atoms with van der Waals surface area (Å²) in [6, 6.07) is 9.89. The molecule has 0 spiro atoms. The Hall–Kier alpha value is -2.01. The maximum atomic E-state index is 12.4. The Balaban J connectivity index is 2.47. The van der Waals surface area contributed by atoms with Crippen LogP contribution < -0.4 is 4.74 Å². The third-order valence-corrected chi connectivity index (χ3v) is 3.28. The Morgan fingerprint density at radius 1 is 1.05 bits per heavy atom. The Kier molecular flexibility index (Phi) is 4.23. The maximum absolute atomic E-state index is 12.4. The molecule has 0 radical (unpaired) electrons. The molecule has 2 nitrogen and oxygen atoms in total. The molecule has 0 amide bonds. The number of carbonyl (C=O) groups excluding carboxylic acids is 1. The van der Waals surface area contributed by atoms with E-state index in [1.54, 1.807) is 19.1 Å². The van der Waals surface area contributed by atoms with E-state index in [1.807, 2.05) is 0 Å². The highest BCUT2D eigenvalue weighted by molar-refractivity contribution is 6.32. The molecular weight excluding hydrogens is 305 g/mol. The molecule has 0 bridgehead atoms. The molecule has 6 heteroatoms. The Morgan fingerprint density at radius 2 is 1.67 bits per heavy atom. The van der Waals surface area contributed by atoms with Crippen molar-refractivity contribution < 1.29 is 22.7 Å². The smallest absolute Gasteiger partial charge is 0.405 e. The van der Waals surface area contributed by atoms with Crippen LogP contribution in [0.3, 0.4) is 0 Å². The molecule has 2 aromatic rings. The van der Waals surface area contributed by atoms with Crippen LogP contribution in [0.25, 0.3) is 0 Å². The van der Waals surface area contributed by atoms with Gasteiger partial charge in [0, 0.05) is 10.6 Å². The van der Waals surface area contributed by atoms with Gasteiger partial charge in [-0.1, -0.05) is 35.9 Å². The van der Waals surface area contributed by atoms with E-state index >= 15 is 0 Å². The number of ether oxygens (including phenoxy) is 1. The van der Waals surface area contributed by atoms with Crippen molar-refractivity contribution in [2.45, 2.75) is 13.3 Å². The SMILES string of the molecule is Cc1c(Cl)cccc1C(=O)c1ccccc1OC(F)(F)F. The van der Waals surface area contributed by atoms with E-state index in [1.165, 1.54) is 24.3 Å². The molecule has 0 aliphatic heterocycles. The van der Waals surface area contributed by atoms with E-state index < -0.39 is 17.9 Å². The van der Waals surface area contributed by atoms with Gasteiger partial charge in [-0.15, -0.1) is 13.2 Å². The van der Waals surface area contributed by atoms with Crippen LogP contribution in [0.4, 0.5) is 13.2 Å². The van der Waals surface area contributed by atoms with Gasteiger partial charge in [0.25, 0.3) is 0 Å². The molecule has 0 saturated carbocycles. The predicted molar refractivity (Wildman–Crippen MR) is 72.7 cm³/mol. The topological polar surface area (TPSA) is 26.3 Å². The van der Waals surface area contributed by atoms with Gasteiger partial charge in [-0.3, -0.25) is 4.79 Å². The molecule has 110 valence electrons. The third-order valence-electron chi connectivity index (χ3n) is 2.87. The van der Waals surface area contributed by atoms with Gasteiger partial charge in [0.05, 0.1) is 5.56 Å². The van der Waals surface area contributed by atoms with Crippen molar-refractivity contribution in [3.05, 3.63) is 64.2 Å². The molecule has 0 fully saturated rings. The highest BCUT2D eigenvalue weighted by Crippen LogP contribution is 2.29. The molecule has 0 atom stereocenters. The van der Waals surface area contributed by atoms with E-state index in [0.717, 1.165) is 6.07 Å². The van der Waals surface area contributed by atoms with Crippen LogP contribution in [0, 0.1) is 6.92 Å². The third kappa shape index (κ3) is 3.55. The molecule has 0 aliphatic rings. The second-order valence-corrected chi connectivity index (χ2v) is 4.69. The number of hydrogen-bond donors (Lipinski definition) is 0. The largest absolute Gasteiger partial charge is 0.573 e. The fourth-order valence-electron chi connectivity index (χ4n) is 1.87. The fourth-order valence-corrected chi connectivity index (χ4v) is 2.04. The lowest BCUT2D eigenvalue weighted by molar-refractivity contribution is -0.274. The van der Waals surface area contributed by atoms with Gasteiger partial charge >= 0.3 is 6.36 Å². The second kappa shape index (κ2) is 5.77. The first-order chi connectivity index (χ1) is 9.79. The lowest BCUT2D eigenvalue weighted by Gasteiger charge is -2.13. The number of benzene rings is 2. The van der Waals surface area contributed by atoms with Crippen LogP contribution in [0.5, 0.6) is 5.75 Å². The second-order valence-electron chi connectivity index (χ2n) is 4.29. The summed E-state index contributed by atoms with van der Waals surface area (Å²) >= 11 is 5.93. The Morgan fingerprint density at radius 3 is 2.33 bits per heavy atom. The van der Waals surface area contributed by atoms with Crippen molar-refractivity contribution in [1.29, 1.82) is 0 Å². The Labute approximate surface area is 124 Å². The van der Waals surface area contributed by atoms with Gasteiger partial charge in [-0.2, -0.15) is 0 Å². The molecule has 0 unspecified atom stereocenters. The summed E-state index contributed by atoms with van der Waals surface area (Å²) in [5.41, 5.74) is 0.576. The first kappa shape index (κ1) is 15.4. The van der Waals surface area contributed by atoms with Gasteiger partial charge < -0.3 is 4.74 Å². The van der Waals surface area contributed by atoms with E-state index in [4.69, 9.17) is 11.6 Å². The van der Waals surface area contributed by atoms with E-state index in [-0.39, 0.29) is 11.1 Å². The molecule has 0 N–H and O–H groups in total. The summed E-state index contributed by atoms with van der Waals surface area (Å²) in [6.45, 7) is 1.63. The lowest BCUT2D eigenvalue weighted by Crippen LogP contribution is -2.19. The molecule has 21 heavy (non-hydrogen) atoms. The van der Waals surface area contributed by atoms with Crippen LogP contribution in [0.15, 0.2) is 42.5 Å². The summed E-state index contributed by atoms with van der Waals surface area (Å²) in [5, 5.41) is 0.370. The number of carbonyl (C=O) groups is 1. The minimum Gasteiger partial charge on any atom is -0.405 e. The van der Waals surface area contributed by atoms with Crippen LogP contribution in [-0.2, 0) is 0 Å². The number of alkyl halides is 3. The maximum Gasteiger partial charge on any atom is 0.573 e. The summed E-state index contributed by atoms with van der Waals surface area (Å²) in [4.78, 5) is 12.4. The molecule has 0 heterocycles. The van der Waals surface area contributed by atoms with Crippen molar-refractivity contribution in [1.82, 2.24) is 0 Å². The molecular formula is C15H10ClF3O2. The minimum absolute atomic E-state index is 0.166. The predicted octanol–water partition coefficient (Wildman–Crippen LogP) is 4.78. The first-order valence-corrected chi connectivity index (χ1v) is 6.32. The average Bonchev–Trinajstić information content (AvgIpc) is 2.40. The van der Waals surface area contributed by atoms with E-state index in [9.17, 15) is 18.0 Å². The van der Waals surface area contributed by atoms with E-state index in [2.05, 4.69) is 4.74 Å². The molecule has 0 saturated heterocycles. The zero-order chi connectivity index (χ0) is 15.6. The van der Waals surface area contributed by atoms with Crippen LogP contribution in [0.2, 0.25) is 5.02 Å². The lowest BCUT2D eigenvalue weighted by atomic mass is 9.98.